The van der Waals surface area contributed by atoms with Gasteiger partial charge in [0.2, 0.25) is 0 Å². The molecule has 2 unspecified atom stereocenters. The van der Waals surface area contributed by atoms with Crippen LogP contribution in [0.5, 0.6) is 0 Å². The van der Waals surface area contributed by atoms with Gasteiger partial charge in [-0.2, -0.15) is 0 Å². The maximum atomic E-state index is 10.0. The number of aliphatic hydroxyl groups is 1. The minimum atomic E-state index is -0.258. The van der Waals surface area contributed by atoms with Crippen LogP contribution in [0.3, 0.4) is 0 Å². The number of aliphatic hydroxyl groups excluding tert-OH is 1. The van der Waals surface area contributed by atoms with E-state index in [0.717, 1.165) is 19.6 Å². The van der Waals surface area contributed by atoms with Crippen molar-refractivity contribution in [2.45, 2.75) is 38.8 Å². The first-order valence-corrected chi connectivity index (χ1v) is 7.67. The highest BCUT2D eigenvalue weighted by molar-refractivity contribution is 7.12. The van der Waals surface area contributed by atoms with Crippen molar-refractivity contribution in [1.29, 1.82) is 0 Å². The van der Waals surface area contributed by atoms with Crippen LogP contribution < -0.4 is 5.32 Å². The van der Waals surface area contributed by atoms with Crippen LogP contribution in [-0.2, 0) is 0 Å². The second kappa shape index (κ2) is 6.66. The van der Waals surface area contributed by atoms with Crippen molar-refractivity contribution in [3.05, 3.63) is 21.9 Å². The first kappa shape index (κ1) is 14.0. The molecule has 2 N–H and O–H groups in total. The molecule has 0 amide bonds. The lowest BCUT2D eigenvalue weighted by molar-refractivity contribution is 0.121. The molecular formula is C14H24N2OS. The number of likely N-dealkylation sites (tertiary alicyclic amines) is 1. The highest BCUT2D eigenvalue weighted by Crippen LogP contribution is 2.22. The molecular weight excluding hydrogens is 244 g/mol. The summed E-state index contributed by atoms with van der Waals surface area (Å²) < 4.78 is 0. The Morgan fingerprint density at radius 1 is 1.39 bits per heavy atom. The van der Waals surface area contributed by atoms with Crippen molar-refractivity contribution in [3.63, 3.8) is 0 Å². The maximum absolute atomic E-state index is 10.0. The lowest BCUT2D eigenvalue weighted by atomic mass is 10.2. The fourth-order valence-electron chi connectivity index (χ4n) is 2.43. The van der Waals surface area contributed by atoms with Gasteiger partial charge >= 0.3 is 0 Å². The van der Waals surface area contributed by atoms with Gasteiger partial charge in [0.15, 0.2) is 0 Å². The van der Waals surface area contributed by atoms with Gasteiger partial charge in [-0.3, -0.25) is 0 Å². The number of nitrogens with zero attached hydrogens (tertiary/aromatic N) is 1. The van der Waals surface area contributed by atoms with E-state index >= 15 is 0 Å². The number of β-amino-alcohol motifs (C(OH)–C–C–N with tert-alkyl or cyclic N) is 1. The second-order valence-electron chi connectivity index (χ2n) is 5.24. The minimum Gasteiger partial charge on any atom is -0.390 e. The van der Waals surface area contributed by atoms with E-state index < -0.39 is 0 Å². The van der Waals surface area contributed by atoms with Crippen molar-refractivity contribution < 1.29 is 5.11 Å². The summed E-state index contributed by atoms with van der Waals surface area (Å²) in [5.41, 5.74) is 0. The molecule has 1 aromatic rings. The molecule has 0 radical (unpaired) electrons. The molecule has 0 saturated carbocycles. The van der Waals surface area contributed by atoms with Gasteiger partial charge < -0.3 is 15.3 Å². The third-order valence-corrected chi connectivity index (χ3v) is 4.70. The van der Waals surface area contributed by atoms with Crippen LogP contribution in [0.2, 0.25) is 0 Å². The Labute approximate surface area is 114 Å². The Morgan fingerprint density at radius 3 is 2.72 bits per heavy atom. The molecule has 3 nitrogen and oxygen atoms in total. The fourth-order valence-corrected chi connectivity index (χ4v) is 3.33. The van der Waals surface area contributed by atoms with Crippen LogP contribution in [0.15, 0.2) is 12.1 Å². The summed E-state index contributed by atoms with van der Waals surface area (Å²) in [6, 6.07) is 4.65. The van der Waals surface area contributed by atoms with Crippen molar-refractivity contribution in [3.8, 4) is 0 Å². The highest BCUT2D eigenvalue weighted by Gasteiger charge is 2.16. The van der Waals surface area contributed by atoms with Crippen molar-refractivity contribution in [2.24, 2.45) is 0 Å². The SMILES string of the molecule is Cc1ccc(C(C)NCC(O)CN2CCCC2)s1. The molecule has 0 aliphatic carbocycles. The van der Waals surface area contributed by atoms with E-state index in [9.17, 15) is 5.11 Å². The third kappa shape index (κ3) is 4.05. The zero-order valence-corrected chi connectivity index (χ0v) is 12.2. The topological polar surface area (TPSA) is 35.5 Å². The Balaban J connectivity index is 1.70. The van der Waals surface area contributed by atoms with Gasteiger partial charge in [-0.1, -0.05) is 0 Å². The Bertz CT molecular complexity index is 360. The van der Waals surface area contributed by atoms with Crippen LogP contribution in [0.1, 0.15) is 35.6 Å². The normalized spacial score (nSPS) is 20.2. The number of hydrogen-bond donors (Lipinski definition) is 2. The summed E-state index contributed by atoms with van der Waals surface area (Å²) in [4.78, 5) is 5.05. The summed E-state index contributed by atoms with van der Waals surface area (Å²) in [6.07, 6.45) is 2.31. The molecule has 1 fully saturated rings. The molecule has 1 aliphatic rings. The Morgan fingerprint density at radius 2 is 2.11 bits per heavy atom. The number of thiophene rings is 1. The third-order valence-electron chi connectivity index (χ3n) is 3.52. The largest absolute Gasteiger partial charge is 0.390 e. The van der Waals surface area contributed by atoms with Crippen molar-refractivity contribution >= 4 is 11.3 Å². The standard InChI is InChI=1S/C14H24N2OS/c1-11-5-6-14(18-11)12(2)15-9-13(17)10-16-7-3-4-8-16/h5-6,12-13,15,17H,3-4,7-10H2,1-2H3. The molecule has 1 aromatic heterocycles. The molecule has 18 heavy (non-hydrogen) atoms. The average molecular weight is 268 g/mol. The van der Waals surface area contributed by atoms with E-state index in [0.29, 0.717) is 12.6 Å². The van der Waals surface area contributed by atoms with Gasteiger partial charge in [-0.15, -0.1) is 11.3 Å². The van der Waals surface area contributed by atoms with Gasteiger partial charge in [-0.05, 0) is 51.9 Å². The van der Waals surface area contributed by atoms with Crippen LogP contribution in [0.4, 0.5) is 0 Å². The van der Waals surface area contributed by atoms with Gasteiger partial charge in [0.05, 0.1) is 6.10 Å². The van der Waals surface area contributed by atoms with Crippen LogP contribution >= 0.6 is 11.3 Å². The predicted octanol–water partition coefficient (Wildman–Crippen LogP) is 2.16. The minimum absolute atomic E-state index is 0.258. The summed E-state index contributed by atoms with van der Waals surface area (Å²) >= 11 is 1.83. The van der Waals surface area contributed by atoms with Gasteiger partial charge in [0.25, 0.3) is 0 Å². The van der Waals surface area contributed by atoms with Gasteiger partial charge in [-0.25, -0.2) is 0 Å². The zero-order valence-electron chi connectivity index (χ0n) is 11.4. The molecule has 4 heteroatoms. The van der Waals surface area contributed by atoms with E-state index in [2.05, 4.69) is 36.2 Å². The van der Waals surface area contributed by atoms with E-state index in [-0.39, 0.29) is 6.10 Å². The lowest BCUT2D eigenvalue weighted by Crippen LogP contribution is -2.37. The summed E-state index contributed by atoms with van der Waals surface area (Å²) in [7, 11) is 0. The zero-order chi connectivity index (χ0) is 13.0. The molecule has 2 rings (SSSR count). The molecule has 1 saturated heterocycles. The van der Waals surface area contributed by atoms with E-state index in [1.54, 1.807) is 0 Å². The van der Waals surface area contributed by atoms with Crippen molar-refractivity contribution in [2.75, 3.05) is 26.2 Å². The maximum Gasteiger partial charge on any atom is 0.0791 e. The number of rotatable bonds is 6. The van der Waals surface area contributed by atoms with Crippen LogP contribution in [0, 0.1) is 6.92 Å². The molecule has 102 valence electrons. The molecule has 0 bridgehead atoms. The summed E-state index contributed by atoms with van der Waals surface area (Å²) in [5.74, 6) is 0. The molecule has 2 heterocycles. The Kier molecular flexibility index (Phi) is 5.18. The number of hydrogen-bond acceptors (Lipinski definition) is 4. The highest BCUT2D eigenvalue weighted by atomic mass is 32.1. The van der Waals surface area contributed by atoms with Crippen LogP contribution in [-0.4, -0.2) is 42.3 Å². The molecule has 1 aliphatic heterocycles. The van der Waals surface area contributed by atoms with Gasteiger partial charge in [0.1, 0.15) is 0 Å². The van der Waals surface area contributed by atoms with E-state index in [1.807, 2.05) is 11.3 Å². The number of aryl methyl sites for hydroxylation is 1. The first-order valence-electron chi connectivity index (χ1n) is 6.85. The summed E-state index contributed by atoms with van der Waals surface area (Å²) in [5, 5.41) is 13.4. The fraction of sp³-hybridized carbons (Fsp3) is 0.714. The Hall–Kier alpha value is -0.420. The molecule has 0 aromatic carbocycles. The van der Waals surface area contributed by atoms with E-state index in [4.69, 9.17) is 0 Å². The van der Waals surface area contributed by atoms with Gasteiger partial charge in [0, 0.05) is 28.9 Å². The predicted molar refractivity (Wildman–Crippen MR) is 77.2 cm³/mol. The quantitative estimate of drug-likeness (QED) is 0.830. The number of nitrogens with one attached hydrogen (secondary N) is 1. The monoisotopic (exact) mass is 268 g/mol. The lowest BCUT2D eigenvalue weighted by Gasteiger charge is -2.21. The second-order valence-corrected chi connectivity index (χ2v) is 6.56. The smallest absolute Gasteiger partial charge is 0.0791 e. The average Bonchev–Trinajstić information content (AvgIpc) is 2.97. The van der Waals surface area contributed by atoms with E-state index in [1.165, 1.54) is 22.6 Å². The van der Waals surface area contributed by atoms with Crippen molar-refractivity contribution in [1.82, 2.24) is 10.2 Å². The van der Waals surface area contributed by atoms with Crippen LogP contribution in [0.25, 0.3) is 0 Å². The molecule has 0 spiro atoms. The summed E-state index contributed by atoms with van der Waals surface area (Å²) in [6.45, 7) is 8.07. The molecule has 2 atom stereocenters. The first-order chi connectivity index (χ1) is 8.65.